The number of rotatable bonds is 3. The van der Waals surface area contributed by atoms with Gasteiger partial charge in [0.2, 0.25) is 0 Å². The van der Waals surface area contributed by atoms with Gasteiger partial charge in [-0.2, -0.15) is 0 Å². The highest BCUT2D eigenvalue weighted by Crippen LogP contribution is 2.23. The topological polar surface area (TPSA) is 20.3 Å². The van der Waals surface area contributed by atoms with Gasteiger partial charge in [-0.15, -0.1) is 11.3 Å². The van der Waals surface area contributed by atoms with Crippen molar-refractivity contribution in [1.82, 2.24) is 4.90 Å². The average molecular weight is 450 g/mol. The standard InChI is InChI=1S/C14H13BrINOS/c1-9-5-6-19-13(9)8-17(2)14(18)11-7-10(16)3-4-12(11)15/h3-7H,8H2,1-2H3. The van der Waals surface area contributed by atoms with Gasteiger partial charge in [0, 0.05) is 20.0 Å². The quantitative estimate of drug-likeness (QED) is 0.622. The number of hydrogen-bond acceptors (Lipinski definition) is 2. The Morgan fingerprint density at radius 3 is 2.79 bits per heavy atom. The highest BCUT2D eigenvalue weighted by molar-refractivity contribution is 14.1. The first-order valence-corrected chi connectivity index (χ1v) is 8.47. The minimum Gasteiger partial charge on any atom is -0.337 e. The van der Waals surface area contributed by atoms with Crippen molar-refractivity contribution in [3.8, 4) is 0 Å². The van der Waals surface area contributed by atoms with Crippen molar-refractivity contribution >= 4 is 55.8 Å². The Balaban J connectivity index is 2.19. The van der Waals surface area contributed by atoms with Crippen LogP contribution < -0.4 is 0 Å². The Hall–Kier alpha value is -0.400. The van der Waals surface area contributed by atoms with Crippen molar-refractivity contribution in [2.75, 3.05) is 7.05 Å². The average Bonchev–Trinajstić information content (AvgIpc) is 2.77. The number of aryl methyl sites for hydroxylation is 1. The molecule has 1 amide bonds. The Labute approximate surface area is 139 Å². The molecule has 2 aromatic rings. The molecule has 0 atom stereocenters. The van der Waals surface area contributed by atoms with Crippen LogP contribution in [0.15, 0.2) is 34.1 Å². The lowest BCUT2D eigenvalue weighted by Gasteiger charge is -2.18. The lowest BCUT2D eigenvalue weighted by molar-refractivity contribution is 0.0785. The first-order chi connectivity index (χ1) is 8.99. The van der Waals surface area contributed by atoms with E-state index in [1.54, 1.807) is 16.2 Å². The van der Waals surface area contributed by atoms with Crippen molar-refractivity contribution in [2.45, 2.75) is 13.5 Å². The van der Waals surface area contributed by atoms with Gasteiger partial charge >= 0.3 is 0 Å². The fourth-order valence-electron chi connectivity index (χ4n) is 1.72. The van der Waals surface area contributed by atoms with Crippen molar-refractivity contribution in [1.29, 1.82) is 0 Å². The molecule has 1 aromatic heterocycles. The molecule has 100 valence electrons. The maximum atomic E-state index is 12.5. The lowest BCUT2D eigenvalue weighted by atomic mass is 10.2. The predicted molar refractivity (Wildman–Crippen MR) is 91.7 cm³/mol. The normalized spacial score (nSPS) is 10.5. The zero-order valence-corrected chi connectivity index (χ0v) is 15.2. The van der Waals surface area contributed by atoms with Crippen LogP contribution in [0.3, 0.4) is 0 Å². The first-order valence-electron chi connectivity index (χ1n) is 5.72. The third-order valence-corrected chi connectivity index (χ3v) is 5.22. The van der Waals surface area contributed by atoms with Gasteiger partial charge in [-0.3, -0.25) is 4.79 Å². The summed E-state index contributed by atoms with van der Waals surface area (Å²) >= 11 is 7.35. The molecular weight excluding hydrogens is 437 g/mol. The molecule has 0 N–H and O–H groups in total. The zero-order valence-electron chi connectivity index (χ0n) is 10.6. The highest BCUT2D eigenvalue weighted by Gasteiger charge is 2.16. The number of carbonyl (C=O) groups excluding carboxylic acids is 1. The number of carbonyl (C=O) groups is 1. The predicted octanol–water partition coefficient (Wildman–Crippen LogP) is 4.70. The van der Waals surface area contributed by atoms with Gasteiger partial charge in [-0.1, -0.05) is 0 Å². The molecule has 0 spiro atoms. The molecule has 19 heavy (non-hydrogen) atoms. The second-order valence-electron chi connectivity index (χ2n) is 4.31. The van der Waals surface area contributed by atoms with E-state index in [1.165, 1.54) is 10.4 Å². The van der Waals surface area contributed by atoms with Crippen LogP contribution in [0.25, 0.3) is 0 Å². The van der Waals surface area contributed by atoms with Crippen molar-refractivity contribution in [3.63, 3.8) is 0 Å². The molecule has 0 bridgehead atoms. The van der Waals surface area contributed by atoms with Crippen LogP contribution in [0, 0.1) is 10.5 Å². The minimum atomic E-state index is 0.0400. The van der Waals surface area contributed by atoms with Crippen LogP contribution in [0.4, 0.5) is 0 Å². The Kier molecular flexibility index (Phi) is 5.03. The monoisotopic (exact) mass is 449 g/mol. The second kappa shape index (κ2) is 6.37. The third-order valence-electron chi connectivity index (χ3n) is 2.85. The van der Waals surface area contributed by atoms with E-state index in [9.17, 15) is 4.79 Å². The Morgan fingerprint density at radius 1 is 1.42 bits per heavy atom. The van der Waals surface area contributed by atoms with Crippen LogP contribution in [-0.4, -0.2) is 17.9 Å². The van der Waals surface area contributed by atoms with Crippen molar-refractivity contribution in [3.05, 3.63) is 53.7 Å². The molecule has 0 fully saturated rings. The van der Waals surface area contributed by atoms with Crippen LogP contribution >= 0.6 is 49.9 Å². The minimum absolute atomic E-state index is 0.0400. The number of thiophene rings is 1. The van der Waals surface area contributed by atoms with E-state index in [0.29, 0.717) is 12.1 Å². The van der Waals surface area contributed by atoms with E-state index in [2.05, 4.69) is 56.9 Å². The van der Waals surface area contributed by atoms with Crippen LogP contribution in [0.2, 0.25) is 0 Å². The molecule has 0 aliphatic heterocycles. The molecular formula is C14H13BrINOS. The van der Waals surface area contributed by atoms with Gasteiger partial charge < -0.3 is 4.90 Å². The van der Waals surface area contributed by atoms with E-state index in [1.807, 2.05) is 25.2 Å². The van der Waals surface area contributed by atoms with E-state index in [-0.39, 0.29) is 5.91 Å². The zero-order chi connectivity index (χ0) is 14.0. The molecule has 0 saturated heterocycles. The van der Waals surface area contributed by atoms with E-state index < -0.39 is 0 Å². The summed E-state index contributed by atoms with van der Waals surface area (Å²) in [6.07, 6.45) is 0. The van der Waals surface area contributed by atoms with E-state index in [0.717, 1.165) is 8.04 Å². The summed E-state index contributed by atoms with van der Waals surface area (Å²) < 4.78 is 1.90. The number of benzene rings is 1. The molecule has 0 saturated carbocycles. The summed E-state index contributed by atoms with van der Waals surface area (Å²) in [5, 5.41) is 2.06. The van der Waals surface area contributed by atoms with Crippen LogP contribution in [0.5, 0.6) is 0 Å². The number of nitrogens with zero attached hydrogens (tertiary/aromatic N) is 1. The van der Waals surface area contributed by atoms with Gasteiger partial charge in [0.05, 0.1) is 12.1 Å². The van der Waals surface area contributed by atoms with E-state index in [4.69, 9.17) is 0 Å². The lowest BCUT2D eigenvalue weighted by Crippen LogP contribution is -2.26. The molecule has 0 unspecified atom stereocenters. The van der Waals surface area contributed by atoms with Crippen molar-refractivity contribution in [2.24, 2.45) is 0 Å². The van der Waals surface area contributed by atoms with Crippen molar-refractivity contribution < 1.29 is 4.79 Å². The summed E-state index contributed by atoms with van der Waals surface area (Å²) in [4.78, 5) is 15.4. The second-order valence-corrected chi connectivity index (χ2v) is 7.41. The molecule has 5 heteroatoms. The van der Waals surface area contributed by atoms with Crippen LogP contribution in [0.1, 0.15) is 20.8 Å². The Bertz CT molecular complexity index is 611. The maximum Gasteiger partial charge on any atom is 0.255 e. The molecule has 0 aliphatic carbocycles. The SMILES string of the molecule is Cc1ccsc1CN(C)C(=O)c1cc(I)ccc1Br. The molecule has 1 aromatic carbocycles. The number of hydrogen-bond donors (Lipinski definition) is 0. The van der Waals surface area contributed by atoms with Gasteiger partial charge in [-0.25, -0.2) is 0 Å². The Morgan fingerprint density at radius 2 is 2.16 bits per heavy atom. The first kappa shape index (κ1) is 15.0. The van der Waals surface area contributed by atoms with Gasteiger partial charge in [0.15, 0.2) is 0 Å². The number of amides is 1. The summed E-state index contributed by atoms with van der Waals surface area (Å²) in [7, 11) is 1.84. The molecule has 1 heterocycles. The molecule has 0 radical (unpaired) electrons. The summed E-state index contributed by atoms with van der Waals surface area (Å²) in [6, 6.07) is 7.88. The summed E-state index contributed by atoms with van der Waals surface area (Å²) in [6.45, 7) is 2.73. The number of halogens is 2. The van der Waals surface area contributed by atoms with Gasteiger partial charge in [-0.05, 0) is 80.7 Å². The molecule has 0 aliphatic rings. The summed E-state index contributed by atoms with van der Waals surface area (Å²) in [5.74, 6) is 0.0400. The maximum absolute atomic E-state index is 12.5. The van der Waals surface area contributed by atoms with Gasteiger partial charge in [0.25, 0.3) is 5.91 Å². The van der Waals surface area contributed by atoms with Crippen LogP contribution in [-0.2, 0) is 6.54 Å². The smallest absolute Gasteiger partial charge is 0.255 e. The summed E-state index contributed by atoms with van der Waals surface area (Å²) in [5.41, 5.74) is 1.95. The third kappa shape index (κ3) is 3.58. The molecule has 2 rings (SSSR count). The van der Waals surface area contributed by atoms with Gasteiger partial charge in [0.1, 0.15) is 0 Å². The molecule has 2 nitrogen and oxygen atoms in total. The highest BCUT2D eigenvalue weighted by atomic mass is 127. The largest absolute Gasteiger partial charge is 0.337 e. The van der Waals surface area contributed by atoms with E-state index >= 15 is 0 Å². The fourth-order valence-corrected chi connectivity index (χ4v) is 3.59. The fraction of sp³-hybridized carbons (Fsp3) is 0.214.